The van der Waals surface area contributed by atoms with Crippen molar-refractivity contribution in [2.24, 2.45) is 4.99 Å². The highest BCUT2D eigenvalue weighted by Crippen LogP contribution is 2.23. The van der Waals surface area contributed by atoms with E-state index in [0.29, 0.717) is 13.1 Å². The van der Waals surface area contributed by atoms with Crippen LogP contribution < -0.4 is 10.6 Å². The quantitative estimate of drug-likeness (QED) is 0.236. The normalized spacial score (nSPS) is 16.0. The molecule has 2 aromatic heterocycles. The number of furan rings is 1. The number of fused-ring (bicyclic) bond motifs is 1. The molecule has 1 fully saturated rings. The monoisotopic (exact) mass is 555 g/mol. The Kier molecular flexibility index (Phi) is 8.94. The maximum absolute atomic E-state index is 13.6. The third-order valence-electron chi connectivity index (χ3n) is 5.68. The molecule has 1 aliphatic rings. The number of hydrogen-bond donors (Lipinski definition) is 3. The van der Waals surface area contributed by atoms with E-state index in [2.05, 4.69) is 25.5 Å². The van der Waals surface area contributed by atoms with Gasteiger partial charge in [0.05, 0.1) is 19.3 Å². The van der Waals surface area contributed by atoms with Crippen LogP contribution in [0, 0.1) is 12.7 Å². The summed E-state index contributed by atoms with van der Waals surface area (Å²) in [5.41, 5.74) is 2.02. The Morgan fingerprint density at radius 3 is 2.75 bits per heavy atom. The van der Waals surface area contributed by atoms with E-state index in [1.54, 1.807) is 19.2 Å². The van der Waals surface area contributed by atoms with Crippen molar-refractivity contribution in [3.05, 3.63) is 59.4 Å². The summed E-state index contributed by atoms with van der Waals surface area (Å²) < 4.78 is 25.0. The second-order valence-corrected chi connectivity index (χ2v) is 7.75. The number of morpholine rings is 1. The first kappa shape index (κ1) is 24.5. The van der Waals surface area contributed by atoms with Crippen LogP contribution in [0.25, 0.3) is 10.9 Å². The second kappa shape index (κ2) is 11.7. The molecule has 3 aromatic rings. The van der Waals surface area contributed by atoms with Crippen molar-refractivity contribution < 1.29 is 13.5 Å². The third kappa shape index (κ3) is 6.02. The van der Waals surface area contributed by atoms with Gasteiger partial charge in [0.2, 0.25) is 0 Å². The number of nitrogens with one attached hydrogen (secondary N) is 3. The molecule has 32 heavy (non-hydrogen) atoms. The van der Waals surface area contributed by atoms with Crippen LogP contribution in [0.3, 0.4) is 0 Å². The average molecular weight is 555 g/mol. The Morgan fingerprint density at radius 2 is 2.03 bits per heavy atom. The van der Waals surface area contributed by atoms with E-state index in [0.717, 1.165) is 66.7 Å². The smallest absolute Gasteiger partial charge is 0.191 e. The topological polar surface area (TPSA) is 77.8 Å². The summed E-state index contributed by atoms with van der Waals surface area (Å²) in [6.45, 7) is 6.52. The van der Waals surface area contributed by atoms with Crippen LogP contribution in [0.2, 0.25) is 0 Å². The Labute approximate surface area is 204 Å². The number of benzene rings is 1. The van der Waals surface area contributed by atoms with Gasteiger partial charge in [0.1, 0.15) is 17.3 Å². The Balaban J connectivity index is 0.00000289. The van der Waals surface area contributed by atoms with Crippen LogP contribution in [-0.4, -0.2) is 62.3 Å². The van der Waals surface area contributed by atoms with Crippen molar-refractivity contribution in [2.45, 2.75) is 19.4 Å². The number of rotatable bonds is 7. The Hall–Kier alpha value is -2.11. The maximum atomic E-state index is 13.6. The highest BCUT2D eigenvalue weighted by molar-refractivity contribution is 14.0. The molecule has 3 N–H and O–H groups in total. The Bertz CT molecular complexity index is 1030. The van der Waals surface area contributed by atoms with Crippen molar-refractivity contribution in [1.29, 1.82) is 0 Å². The van der Waals surface area contributed by atoms with Crippen LogP contribution in [0.5, 0.6) is 0 Å². The molecule has 0 amide bonds. The molecular weight excluding hydrogens is 524 g/mol. The standard InChI is InChI=1S/C23H30FN5O2.HI/c1-16-3-6-22(31-16)21(29-9-11-30-12-10-29)15-28-23(25-2)26-8-7-17-14-27-20-5-4-18(24)13-19(17)20;/h3-6,13-14,21,27H,7-12,15H2,1-2H3,(H2,25,26,28);1H. The number of aryl methyl sites for hydroxylation is 1. The lowest BCUT2D eigenvalue weighted by molar-refractivity contribution is 0.0124. The molecule has 0 radical (unpaired) electrons. The van der Waals surface area contributed by atoms with Gasteiger partial charge in [-0.2, -0.15) is 0 Å². The molecule has 7 nitrogen and oxygen atoms in total. The zero-order chi connectivity index (χ0) is 21.6. The number of H-pyrrole nitrogens is 1. The number of nitrogens with zero attached hydrogens (tertiary/aromatic N) is 2. The molecule has 1 atom stereocenters. The summed E-state index contributed by atoms with van der Waals surface area (Å²) in [7, 11) is 1.76. The zero-order valence-corrected chi connectivity index (χ0v) is 20.8. The van der Waals surface area contributed by atoms with Gasteiger partial charge in [-0.1, -0.05) is 0 Å². The zero-order valence-electron chi connectivity index (χ0n) is 18.5. The van der Waals surface area contributed by atoms with Crippen LogP contribution in [0.15, 0.2) is 45.9 Å². The number of aliphatic imine (C=N–C) groups is 1. The van der Waals surface area contributed by atoms with Crippen molar-refractivity contribution >= 4 is 40.8 Å². The molecular formula is C23H31FIN5O2. The van der Waals surface area contributed by atoms with Gasteiger partial charge < -0.3 is 24.8 Å². The van der Waals surface area contributed by atoms with Crippen molar-refractivity contribution in [3.8, 4) is 0 Å². The van der Waals surface area contributed by atoms with Gasteiger partial charge in [0.25, 0.3) is 0 Å². The number of halogens is 2. The summed E-state index contributed by atoms with van der Waals surface area (Å²) in [5.74, 6) is 2.36. The van der Waals surface area contributed by atoms with Gasteiger partial charge in [-0.05, 0) is 49.2 Å². The number of aromatic amines is 1. The van der Waals surface area contributed by atoms with Crippen molar-refractivity contribution in [3.63, 3.8) is 0 Å². The van der Waals surface area contributed by atoms with Crippen LogP contribution in [0.4, 0.5) is 4.39 Å². The van der Waals surface area contributed by atoms with Crippen LogP contribution in [0.1, 0.15) is 23.1 Å². The van der Waals surface area contributed by atoms with E-state index in [4.69, 9.17) is 9.15 Å². The molecule has 1 unspecified atom stereocenters. The predicted molar refractivity (Wildman–Crippen MR) is 135 cm³/mol. The van der Waals surface area contributed by atoms with E-state index in [9.17, 15) is 4.39 Å². The van der Waals surface area contributed by atoms with Gasteiger partial charge in [-0.25, -0.2) is 4.39 Å². The first-order valence-corrected chi connectivity index (χ1v) is 10.7. The molecule has 0 spiro atoms. The van der Waals surface area contributed by atoms with Crippen molar-refractivity contribution in [2.75, 3.05) is 46.4 Å². The molecule has 1 saturated heterocycles. The number of aromatic nitrogens is 1. The van der Waals surface area contributed by atoms with E-state index in [1.165, 1.54) is 6.07 Å². The maximum Gasteiger partial charge on any atom is 0.191 e. The summed E-state index contributed by atoms with van der Waals surface area (Å²) >= 11 is 0. The van der Waals surface area contributed by atoms with Crippen LogP contribution in [-0.2, 0) is 11.2 Å². The summed E-state index contributed by atoms with van der Waals surface area (Å²) in [6.07, 6.45) is 2.70. The van der Waals surface area contributed by atoms with Crippen molar-refractivity contribution in [1.82, 2.24) is 20.5 Å². The molecule has 0 aliphatic carbocycles. The van der Waals surface area contributed by atoms with Gasteiger partial charge in [0.15, 0.2) is 5.96 Å². The average Bonchev–Trinajstić information content (AvgIpc) is 3.39. The number of hydrogen-bond acceptors (Lipinski definition) is 4. The van der Waals surface area contributed by atoms with Gasteiger partial charge in [-0.15, -0.1) is 24.0 Å². The molecule has 1 aliphatic heterocycles. The van der Waals surface area contributed by atoms with E-state index < -0.39 is 0 Å². The highest BCUT2D eigenvalue weighted by Gasteiger charge is 2.25. The largest absolute Gasteiger partial charge is 0.465 e. The third-order valence-corrected chi connectivity index (χ3v) is 5.68. The molecule has 0 saturated carbocycles. The van der Waals surface area contributed by atoms with Crippen LogP contribution >= 0.6 is 24.0 Å². The lowest BCUT2D eigenvalue weighted by atomic mass is 10.1. The summed E-state index contributed by atoms with van der Waals surface area (Å²) in [5, 5.41) is 7.71. The fraction of sp³-hybridized carbons (Fsp3) is 0.435. The molecule has 0 bridgehead atoms. The molecule has 3 heterocycles. The number of ether oxygens (including phenoxy) is 1. The highest BCUT2D eigenvalue weighted by atomic mass is 127. The fourth-order valence-electron chi connectivity index (χ4n) is 4.02. The van der Waals surface area contributed by atoms with Gasteiger partial charge >= 0.3 is 0 Å². The predicted octanol–water partition coefficient (Wildman–Crippen LogP) is 3.61. The minimum Gasteiger partial charge on any atom is -0.465 e. The second-order valence-electron chi connectivity index (χ2n) is 7.75. The number of guanidine groups is 1. The summed E-state index contributed by atoms with van der Waals surface area (Å²) in [4.78, 5) is 9.93. The minimum atomic E-state index is -0.221. The first-order valence-electron chi connectivity index (χ1n) is 10.7. The summed E-state index contributed by atoms with van der Waals surface area (Å²) in [6, 6.07) is 8.96. The Morgan fingerprint density at radius 1 is 1.22 bits per heavy atom. The molecule has 174 valence electrons. The lowest BCUT2D eigenvalue weighted by Crippen LogP contribution is -2.46. The first-order chi connectivity index (χ1) is 15.1. The van der Waals surface area contributed by atoms with E-state index >= 15 is 0 Å². The molecule has 4 rings (SSSR count). The minimum absolute atomic E-state index is 0. The van der Waals surface area contributed by atoms with E-state index in [-0.39, 0.29) is 35.8 Å². The molecule has 9 heteroatoms. The van der Waals surface area contributed by atoms with E-state index in [1.807, 2.05) is 25.3 Å². The SMILES string of the molecule is CN=C(NCCc1c[nH]c2ccc(F)cc12)NCC(c1ccc(C)o1)N1CCOCC1.I. The molecule has 1 aromatic carbocycles. The van der Waals surface area contributed by atoms with Gasteiger partial charge in [-0.3, -0.25) is 9.89 Å². The fourth-order valence-corrected chi connectivity index (χ4v) is 4.02. The lowest BCUT2D eigenvalue weighted by Gasteiger charge is -2.33. The van der Waals surface area contributed by atoms with Gasteiger partial charge in [0, 0.05) is 50.3 Å².